The lowest BCUT2D eigenvalue weighted by Gasteiger charge is -2.33. The van der Waals surface area contributed by atoms with Gasteiger partial charge in [-0.05, 0) is 62.0 Å². The largest absolute Gasteiger partial charge is 0.384 e. The maximum absolute atomic E-state index is 5.52. The van der Waals surface area contributed by atoms with E-state index in [9.17, 15) is 0 Å². The van der Waals surface area contributed by atoms with Crippen molar-refractivity contribution in [2.75, 3.05) is 57.2 Å². The quantitative estimate of drug-likeness (QED) is 0.427. The van der Waals surface area contributed by atoms with Gasteiger partial charge in [0.25, 0.3) is 0 Å². The zero-order valence-electron chi connectivity index (χ0n) is 20.7. The molecule has 34 heavy (non-hydrogen) atoms. The van der Waals surface area contributed by atoms with Gasteiger partial charge in [-0.1, -0.05) is 6.92 Å². The van der Waals surface area contributed by atoms with Crippen LogP contribution in [0.5, 0.6) is 0 Å². The van der Waals surface area contributed by atoms with Crippen LogP contribution in [0, 0.1) is 11.3 Å². The van der Waals surface area contributed by atoms with Crippen LogP contribution in [-0.4, -0.2) is 67.6 Å². The molecule has 8 nitrogen and oxygen atoms in total. The zero-order valence-corrected chi connectivity index (χ0v) is 20.7. The molecule has 1 aliphatic carbocycles. The second-order valence-electron chi connectivity index (χ2n) is 10.0. The topological polar surface area (TPSA) is 93.2 Å². The number of anilines is 2. The fourth-order valence-electron chi connectivity index (χ4n) is 4.82. The molecule has 0 unspecified atom stereocenters. The lowest BCUT2D eigenvalue weighted by molar-refractivity contribution is 0.0300. The Morgan fingerprint density at radius 3 is 2.62 bits per heavy atom. The first-order valence-corrected chi connectivity index (χ1v) is 12.7. The van der Waals surface area contributed by atoms with Crippen LogP contribution in [0.1, 0.15) is 45.4 Å². The molecule has 0 bridgehead atoms. The number of methoxy groups -OCH3 is 1. The molecule has 1 aliphatic heterocycles. The average Bonchev–Trinajstić information content (AvgIpc) is 2.88. The molecule has 3 heterocycles. The Bertz CT molecular complexity index is 881. The highest BCUT2D eigenvalue weighted by Crippen LogP contribution is 2.30. The molecule has 186 valence electrons. The predicted molar refractivity (Wildman–Crippen MR) is 136 cm³/mol. The van der Waals surface area contributed by atoms with E-state index < -0.39 is 0 Å². The van der Waals surface area contributed by atoms with Gasteiger partial charge >= 0.3 is 0 Å². The molecular formula is C26H40N6O2. The van der Waals surface area contributed by atoms with Crippen molar-refractivity contribution >= 4 is 11.5 Å². The first kappa shape index (κ1) is 24.8. The fourth-order valence-corrected chi connectivity index (χ4v) is 4.82. The van der Waals surface area contributed by atoms with Gasteiger partial charge in [-0.2, -0.15) is 0 Å². The number of hydrogen-bond acceptors (Lipinski definition) is 8. The van der Waals surface area contributed by atoms with Gasteiger partial charge in [0.2, 0.25) is 0 Å². The minimum absolute atomic E-state index is 0.271. The molecule has 0 atom stereocenters. The molecule has 0 aromatic carbocycles. The summed E-state index contributed by atoms with van der Waals surface area (Å²) in [5.74, 6) is 1.54. The van der Waals surface area contributed by atoms with E-state index in [4.69, 9.17) is 9.47 Å². The average molecular weight is 469 g/mol. The van der Waals surface area contributed by atoms with Crippen LogP contribution < -0.4 is 16.0 Å². The summed E-state index contributed by atoms with van der Waals surface area (Å²) in [6, 6.07) is 6.72. The Labute approximate surface area is 203 Å². The van der Waals surface area contributed by atoms with Crippen molar-refractivity contribution in [3.05, 3.63) is 30.7 Å². The Balaban J connectivity index is 1.27. The summed E-state index contributed by atoms with van der Waals surface area (Å²) in [6.45, 7) is 7.62. The van der Waals surface area contributed by atoms with Gasteiger partial charge in [-0.3, -0.25) is 4.98 Å². The summed E-state index contributed by atoms with van der Waals surface area (Å²) >= 11 is 0. The van der Waals surface area contributed by atoms with E-state index in [0.717, 1.165) is 75.2 Å². The van der Waals surface area contributed by atoms with Gasteiger partial charge < -0.3 is 25.4 Å². The molecule has 0 radical (unpaired) electrons. The smallest absolute Gasteiger partial charge is 0.130 e. The minimum atomic E-state index is 0.271. The highest BCUT2D eigenvalue weighted by Gasteiger charge is 2.27. The van der Waals surface area contributed by atoms with Crippen LogP contribution >= 0.6 is 0 Å². The molecular weight excluding hydrogens is 428 g/mol. The van der Waals surface area contributed by atoms with E-state index in [1.807, 2.05) is 18.3 Å². The molecule has 2 aromatic heterocycles. The van der Waals surface area contributed by atoms with Gasteiger partial charge in [0.15, 0.2) is 0 Å². The van der Waals surface area contributed by atoms with Crippen molar-refractivity contribution in [1.82, 2.24) is 20.3 Å². The molecule has 3 N–H and O–H groups in total. The van der Waals surface area contributed by atoms with Crippen LogP contribution in [0.15, 0.2) is 30.7 Å². The lowest BCUT2D eigenvalue weighted by Crippen LogP contribution is -2.36. The van der Waals surface area contributed by atoms with E-state index in [1.165, 1.54) is 25.7 Å². The number of pyridine rings is 1. The van der Waals surface area contributed by atoms with Crippen molar-refractivity contribution in [1.29, 1.82) is 0 Å². The van der Waals surface area contributed by atoms with Crippen LogP contribution in [0.4, 0.5) is 11.5 Å². The van der Waals surface area contributed by atoms with Crippen LogP contribution in [0.25, 0.3) is 11.4 Å². The van der Waals surface area contributed by atoms with Crippen LogP contribution in [0.3, 0.4) is 0 Å². The van der Waals surface area contributed by atoms with Gasteiger partial charge in [0.05, 0.1) is 18.0 Å². The van der Waals surface area contributed by atoms with Crippen LogP contribution in [-0.2, 0) is 9.47 Å². The van der Waals surface area contributed by atoms with E-state index in [2.05, 4.69) is 43.9 Å². The Morgan fingerprint density at radius 2 is 1.82 bits per heavy atom. The molecule has 0 amide bonds. The summed E-state index contributed by atoms with van der Waals surface area (Å²) in [4.78, 5) is 13.5. The van der Waals surface area contributed by atoms with E-state index in [0.29, 0.717) is 12.0 Å². The zero-order chi connectivity index (χ0) is 23.6. The third-order valence-electron chi connectivity index (χ3n) is 7.27. The number of hydrogen-bond donors (Lipinski definition) is 3. The van der Waals surface area contributed by atoms with Crippen molar-refractivity contribution in [2.24, 2.45) is 11.3 Å². The number of aromatic nitrogens is 3. The Hall–Kier alpha value is -2.29. The molecule has 1 saturated heterocycles. The van der Waals surface area contributed by atoms with Gasteiger partial charge in [0.1, 0.15) is 12.1 Å². The molecule has 4 rings (SSSR count). The Morgan fingerprint density at radius 1 is 1.03 bits per heavy atom. The first-order chi connectivity index (χ1) is 16.6. The van der Waals surface area contributed by atoms with Gasteiger partial charge in [-0.25, -0.2) is 9.97 Å². The minimum Gasteiger partial charge on any atom is -0.384 e. The molecule has 2 fully saturated rings. The van der Waals surface area contributed by atoms with Crippen molar-refractivity contribution in [2.45, 2.75) is 51.5 Å². The lowest BCUT2D eigenvalue weighted by atomic mass is 9.82. The third kappa shape index (κ3) is 7.35. The maximum Gasteiger partial charge on any atom is 0.130 e. The summed E-state index contributed by atoms with van der Waals surface area (Å²) in [7, 11) is 1.75. The molecule has 2 aromatic rings. The molecule has 8 heteroatoms. The van der Waals surface area contributed by atoms with Gasteiger partial charge in [-0.15, -0.1) is 0 Å². The number of nitrogens with zero attached hydrogens (tertiary/aromatic N) is 3. The van der Waals surface area contributed by atoms with Crippen molar-refractivity contribution in [3.63, 3.8) is 0 Å². The maximum atomic E-state index is 5.52. The van der Waals surface area contributed by atoms with Crippen molar-refractivity contribution < 1.29 is 9.47 Å². The second kappa shape index (κ2) is 12.4. The van der Waals surface area contributed by atoms with Crippen molar-refractivity contribution in [3.8, 4) is 11.4 Å². The number of rotatable bonds is 11. The van der Waals surface area contributed by atoms with Gasteiger partial charge in [0, 0.05) is 64.0 Å². The Kier molecular flexibility index (Phi) is 9.07. The SMILES string of the molecule is COCCNC1CCC(CNc2cc(-c3cc(NCC4(C)CCOCC4)ccn3)ncn2)CC1. The predicted octanol–water partition coefficient (Wildman–Crippen LogP) is 3.97. The third-order valence-corrected chi connectivity index (χ3v) is 7.27. The second-order valence-corrected chi connectivity index (χ2v) is 10.0. The summed E-state index contributed by atoms with van der Waals surface area (Å²) in [5.41, 5.74) is 3.04. The standard InChI is InChI=1S/C26H40N6O2/c1-26(8-12-34-13-9-26)18-30-22-7-10-28-23(15-22)24-16-25(32-19-31-24)29-17-20-3-5-21(6-4-20)27-11-14-33-2/h7,10,15-16,19-21,27H,3-6,8-9,11-14,17-18H2,1-2H3,(H,28,30)(H,29,31,32). The van der Waals surface area contributed by atoms with E-state index in [1.54, 1.807) is 13.4 Å². The van der Waals surface area contributed by atoms with E-state index >= 15 is 0 Å². The highest BCUT2D eigenvalue weighted by molar-refractivity contribution is 5.62. The molecule has 2 aliphatic rings. The monoisotopic (exact) mass is 468 g/mol. The van der Waals surface area contributed by atoms with E-state index in [-0.39, 0.29) is 5.41 Å². The normalized spacial score (nSPS) is 22.3. The van der Waals surface area contributed by atoms with Crippen LogP contribution in [0.2, 0.25) is 0 Å². The molecule has 1 saturated carbocycles. The fraction of sp³-hybridized carbons (Fsp3) is 0.654. The summed E-state index contributed by atoms with van der Waals surface area (Å²) in [5, 5.41) is 10.7. The molecule has 0 spiro atoms. The number of nitrogens with one attached hydrogen (secondary N) is 3. The summed E-state index contributed by atoms with van der Waals surface area (Å²) in [6.07, 6.45) is 10.6. The number of ether oxygens (including phenoxy) is 2. The first-order valence-electron chi connectivity index (χ1n) is 12.7. The summed E-state index contributed by atoms with van der Waals surface area (Å²) < 4.78 is 10.7. The highest BCUT2D eigenvalue weighted by atomic mass is 16.5.